The Balaban J connectivity index is 2.33. The second kappa shape index (κ2) is 5.52. The van der Waals surface area contributed by atoms with Crippen LogP contribution in [0.4, 0.5) is 14.5 Å². The number of rotatable bonds is 2. The van der Waals surface area contributed by atoms with E-state index in [-0.39, 0.29) is 23.9 Å². The van der Waals surface area contributed by atoms with E-state index in [2.05, 4.69) is 0 Å². The molecule has 1 aliphatic heterocycles. The maximum atomic E-state index is 13.8. The largest absolute Gasteiger partial charge is 0.396 e. The van der Waals surface area contributed by atoms with Crippen LogP contribution in [0, 0.1) is 11.6 Å². The highest BCUT2D eigenvalue weighted by Gasteiger charge is 2.29. The van der Waals surface area contributed by atoms with Crippen LogP contribution in [-0.2, 0) is 0 Å². The van der Waals surface area contributed by atoms with Crippen molar-refractivity contribution >= 4 is 11.6 Å². The van der Waals surface area contributed by atoms with Crippen molar-refractivity contribution in [2.45, 2.75) is 25.3 Å². The van der Waals surface area contributed by atoms with Crippen molar-refractivity contribution in [3.05, 3.63) is 29.3 Å². The normalized spacial score (nSPS) is 19.5. The average Bonchev–Trinajstić information content (AvgIpc) is 2.42. The third-order valence-electron chi connectivity index (χ3n) is 3.39. The molecule has 0 saturated carbocycles. The van der Waals surface area contributed by atoms with Gasteiger partial charge in [-0.3, -0.25) is 4.79 Å². The lowest BCUT2D eigenvalue weighted by molar-refractivity contribution is 0.0498. The minimum absolute atomic E-state index is 0.182. The van der Waals surface area contributed by atoms with Crippen LogP contribution in [0.5, 0.6) is 0 Å². The number of amides is 1. The number of benzene rings is 1. The molecule has 1 amide bonds. The molecule has 3 N–H and O–H groups in total. The van der Waals surface area contributed by atoms with Gasteiger partial charge >= 0.3 is 0 Å². The number of nitrogen functional groups attached to an aromatic ring is 1. The monoisotopic (exact) mass is 270 g/mol. The molecule has 1 heterocycles. The molecule has 1 unspecified atom stereocenters. The number of anilines is 1. The summed E-state index contributed by atoms with van der Waals surface area (Å²) >= 11 is 0. The van der Waals surface area contributed by atoms with E-state index in [1.54, 1.807) is 0 Å². The van der Waals surface area contributed by atoms with Gasteiger partial charge in [0.05, 0.1) is 23.9 Å². The zero-order valence-corrected chi connectivity index (χ0v) is 10.4. The summed E-state index contributed by atoms with van der Waals surface area (Å²) in [6.45, 7) is 0.248. The Hall–Kier alpha value is -1.69. The summed E-state index contributed by atoms with van der Waals surface area (Å²) in [7, 11) is 0. The molecule has 0 bridgehead atoms. The first-order chi connectivity index (χ1) is 9.04. The molecule has 0 radical (unpaired) electrons. The van der Waals surface area contributed by atoms with Crippen LogP contribution in [-0.4, -0.2) is 35.1 Å². The maximum absolute atomic E-state index is 13.8. The summed E-state index contributed by atoms with van der Waals surface area (Å²) < 4.78 is 27.1. The van der Waals surface area contributed by atoms with Crippen molar-refractivity contribution in [3.8, 4) is 0 Å². The second-order valence-electron chi connectivity index (χ2n) is 4.69. The Labute approximate surface area is 109 Å². The first kappa shape index (κ1) is 13.7. The molecular formula is C13H16F2N2O2. The molecule has 1 fully saturated rings. The molecule has 6 heteroatoms. The lowest BCUT2D eigenvalue weighted by atomic mass is 10.0. The van der Waals surface area contributed by atoms with E-state index in [1.165, 1.54) is 4.90 Å². The lowest BCUT2D eigenvalue weighted by Gasteiger charge is -2.34. The van der Waals surface area contributed by atoms with E-state index in [0.29, 0.717) is 13.0 Å². The highest BCUT2D eigenvalue weighted by molar-refractivity contribution is 5.95. The molecule has 1 saturated heterocycles. The summed E-state index contributed by atoms with van der Waals surface area (Å²) in [5.41, 5.74) is 4.56. The molecule has 19 heavy (non-hydrogen) atoms. The minimum atomic E-state index is -0.909. The van der Waals surface area contributed by atoms with E-state index in [4.69, 9.17) is 5.73 Å². The zero-order valence-electron chi connectivity index (χ0n) is 10.4. The molecule has 1 aliphatic rings. The maximum Gasteiger partial charge on any atom is 0.257 e. The van der Waals surface area contributed by atoms with Gasteiger partial charge in [-0.15, -0.1) is 0 Å². The third-order valence-corrected chi connectivity index (χ3v) is 3.39. The highest BCUT2D eigenvalue weighted by Crippen LogP contribution is 2.23. The number of nitrogens with zero attached hydrogens (tertiary/aromatic N) is 1. The quantitative estimate of drug-likeness (QED) is 0.801. The van der Waals surface area contributed by atoms with Crippen molar-refractivity contribution in [1.29, 1.82) is 0 Å². The van der Waals surface area contributed by atoms with Crippen LogP contribution >= 0.6 is 0 Å². The summed E-state index contributed by atoms with van der Waals surface area (Å²) in [6, 6.07) is 1.34. The predicted octanol–water partition coefficient (Wildman–Crippen LogP) is 1.53. The van der Waals surface area contributed by atoms with Crippen molar-refractivity contribution in [3.63, 3.8) is 0 Å². The number of halogens is 2. The van der Waals surface area contributed by atoms with Crippen molar-refractivity contribution in [1.82, 2.24) is 4.90 Å². The number of aliphatic hydroxyl groups is 1. The van der Waals surface area contributed by atoms with E-state index in [1.807, 2.05) is 0 Å². The molecule has 1 atom stereocenters. The number of aliphatic hydroxyl groups excluding tert-OH is 1. The summed E-state index contributed by atoms with van der Waals surface area (Å²) in [5.74, 6) is -2.28. The summed E-state index contributed by atoms with van der Waals surface area (Å²) in [5, 5.41) is 9.25. The Morgan fingerprint density at radius 3 is 2.84 bits per heavy atom. The number of piperidine rings is 1. The van der Waals surface area contributed by atoms with E-state index in [0.717, 1.165) is 25.0 Å². The van der Waals surface area contributed by atoms with Gasteiger partial charge in [0.2, 0.25) is 0 Å². The van der Waals surface area contributed by atoms with Gasteiger partial charge in [0.1, 0.15) is 5.82 Å². The number of likely N-dealkylation sites (tertiary alicyclic amines) is 1. The first-order valence-electron chi connectivity index (χ1n) is 6.21. The molecule has 0 spiro atoms. The van der Waals surface area contributed by atoms with Crippen molar-refractivity contribution in [2.24, 2.45) is 0 Å². The number of nitrogens with two attached hydrogens (primary N) is 1. The average molecular weight is 270 g/mol. The molecule has 104 valence electrons. The van der Waals surface area contributed by atoms with Crippen LogP contribution in [0.15, 0.2) is 12.1 Å². The number of hydrogen-bond acceptors (Lipinski definition) is 3. The highest BCUT2D eigenvalue weighted by atomic mass is 19.1. The van der Waals surface area contributed by atoms with E-state index < -0.39 is 17.5 Å². The Bertz CT molecular complexity index is 494. The summed E-state index contributed by atoms with van der Waals surface area (Å²) in [4.78, 5) is 13.6. The molecule has 0 aromatic heterocycles. The van der Waals surface area contributed by atoms with E-state index >= 15 is 0 Å². The zero-order chi connectivity index (χ0) is 14.0. The number of carbonyl (C=O) groups is 1. The van der Waals surface area contributed by atoms with Gasteiger partial charge in [0.25, 0.3) is 5.91 Å². The van der Waals surface area contributed by atoms with Gasteiger partial charge in [-0.25, -0.2) is 8.78 Å². The molecule has 1 aromatic rings. The van der Waals surface area contributed by atoms with Gasteiger partial charge in [-0.2, -0.15) is 0 Å². The Kier molecular flexibility index (Phi) is 3.99. The van der Waals surface area contributed by atoms with Gasteiger partial charge in [0.15, 0.2) is 5.82 Å². The number of hydrogen-bond donors (Lipinski definition) is 2. The third kappa shape index (κ3) is 2.68. The van der Waals surface area contributed by atoms with Gasteiger partial charge in [-0.05, 0) is 31.4 Å². The fourth-order valence-corrected chi connectivity index (χ4v) is 2.38. The van der Waals surface area contributed by atoms with Crippen LogP contribution in [0.2, 0.25) is 0 Å². The first-order valence-corrected chi connectivity index (χ1v) is 6.21. The fraction of sp³-hybridized carbons (Fsp3) is 0.462. The fourth-order valence-electron chi connectivity index (χ4n) is 2.38. The van der Waals surface area contributed by atoms with Gasteiger partial charge in [-0.1, -0.05) is 0 Å². The topological polar surface area (TPSA) is 66.6 Å². The van der Waals surface area contributed by atoms with Crippen LogP contribution in [0.1, 0.15) is 29.6 Å². The van der Waals surface area contributed by atoms with Gasteiger partial charge < -0.3 is 15.7 Å². The molecule has 1 aromatic carbocycles. The SMILES string of the molecule is Nc1cc(F)cc(C(=O)N2CCCCC2CO)c1F. The predicted molar refractivity (Wildman–Crippen MR) is 66.5 cm³/mol. The van der Waals surface area contributed by atoms with Crippen molar-refractivity contribution in [2.75, 3.05) is 18.9 Å². The molecule has 4 nitrogen and oxygen atoms in total. The Morgan fingerprint density at radius 2 is 2.16 bits per heavy atom. The van der Waals surface area contributed by atoms with Crippen molar-refractivity contribution < 1.29 is 18.7 Å². The van der Waals surface area contributed by atoms with E-state index in [9.17, 15) is 18.7 Å². The lowest BCUT2D eigenvalue weighted by Crippen LogP contribution is -2.46. The van der Waals surface area contributed by atoms with Crippen LogP contribution in [0.25, 0.3) is 0 Å². The van der Waals surface area contributed by atoms with Crippen LogP contribution < -0.4 is 5.73 Å². The standard InChI is InChI=1S/C13H16F2N2O2/c14-8-5-10(12(15)11(16)6-8)13(19)17-4-2-1-3-9(17)7-18/h5-6,9,18H,1-4,7,16H2. The smallest absolute Gasteiger partial charge is 0.257 e. The molecule has 0 aliphatic carbocycles. The minimum Gasteiger partial charge on any atom is -0.396 e. The van der Waals surface area contributed by atoms with Gasteiger partial charge in [0, 0.05) is 6.54 Å². The van der Waals surface area contributed by atoms with Crippen LogP contribution in [0.3, 0.4) is 0 Å². The summed E-state index contributed by atoms with van der Waals surface area (Å²) in [6.07, 6.45) is 2.35. The number of carbonyl (C=O) groups excluding carboxylic acids is 1. The second-order valence-corrected chi connectivity index (χ2v) is 4.69. The molecule has 2 rings (SSSR count). The Morgan fingerprint density at radius 1 is 1.42 bits per heavy atom. The molecular weight excluding hydrogens is 254 g/mol.